The summed E-state index contributed by atoms with van der Waals surface area (Å²) in [5, 5.41) is 0. The minimum absolute atomic E-state index is 0. The van der Waals surface area contributed by atoms with Gasteiger partial charge in [-0.2, -0.15) is 30.9 Å². The Kier molecular flexibility index (Phi) is 27.4. The van der Waals surface area contributed by atoms with Crippen LogP contribution in [-0.4, -0.2) is 96.2 Å². The molecule has 84 heavy (non-hydrogen) atoms. The van der Waals surface area contributed by atoms with Crippen molar-refractivity contribution in [3.05, 3.63) is 125 Å². The van der Waals surface area contributed by atoms with Crippen LogP contribution in [0.25, 0.3) is 4.13 Å². The van der Waals surface area contributed by atoms with Crippen LogP contribution < -0.4 is 24.2 Å². The highest BCUT2D eigenvalue weighted by Crippen LogP contribution is 2.39. The summed E-state index contributed by atoms with van der Waals surface area (Å²) >= 11 is 0. The van der Waals surface area contributed by atoms with Crippen molar-refractivity contribution in [1.29, 1.82) is 0 Å². The monoisotopic (exact) mass is 1220 g/mol. The third kappa shape index (κ3) is 22.0. The summed E-state index contributed by atoms with van der Waals surface area (Å²) in [6.07, 6.45) is 9.27. The van der Waals surface area contributed by atoms with Crippen molar-refractivity contribution in [3.63, 3.8) is 0 Å². The van der Waals surface area contributed by atoms with Crippen LogP contribution in [0.15, 0.2) is 121 Å². The van der Waals surface area contributed by atoms with Crippen molar-refractivity contribution in [2.45, 2.75) is 129 Å². The van der Waals surface area contributed by atoms with E-state index >= 15 is 0 Å². The van der Waals surface area contributed by atoms with E-state index in [0.29, 0.717) is 47.3 Å². The third-order valence-electron chi connectivity index (χ3n) is 12.7. The first-order valence-electron chi connectivity index (χ1n) is 29.0. The van der Waals surface area contributed by atoms with Gasteiger partial charge in [-0.25, -0.2) is 21.4 Å². The molecule has 0 aliphatic heterocycles. The molecule has 5 rings (SSSR count). The number of halogens is 6. The molecule has 0 bridgehead atoms. The number of benzene rings is 4. The molecule has 1 aliphatic rings. The summed E-state index contributed by atoms with van der Waals surface area (Å²) in [6.45, 7) is 45.4. The molecule has 19 heteroatoms. The number of nitrogens with zero attached hydrogens (tertiary/aromatic N) is 7. The molecule has 468 valence electrons. The Balaban J connectivity index is 0.00000101. The van der Waals surface area contributed by atoms with Gasteiger partial charge in [0, 0.05) is 134 Å². The molecule has 4 aromatic rings. The van der Waals surface area contributed by atoms with Crippen LogP contribution in [0.1, 0.15) is 118 Å². The molecule has 0 unspecified atom stereocenters. The first-order valence-corrected chi connectivity index (χ1v) is 31.8. The maximum atomic E-state index is 11.4. The van der Waals surface area contributed by atoms with E-state index in [9.17, 15) is 43.2 Å². The lowest BCUT2D eigenvalue weighted by molar-refractivity contribution is -0.538. The van der Waals surface area contributed by atoms with Crippen LogP contribution in [0, 0.1) is 47.3 Å². The standard InChI is InChI=1S/C62H92N6.C2F6NO4S2.CH4/c1-45(2)37-63(38-46(3)4)53-17-25-57(26-18-53)67(58-27-19-54(20-28-58)64(39-47(5)6)40-48(7)8)61-33-35-62(36-34-61)68(59-29-21-55(22-30-59)65(41-49(9)10)42-50(11)12)60-31-23-56(24-32-60)66(43-51(13)14)44-52(15)16;3-1(4,5)14(10,11)9-15(12,13)2(6,7)8;/h17-36,45-52H,37-44H2,1-16H3;;1H4/q+2;-1;. The van der Waals surface area contributed by atoms with Gasteiger partial charge in [-0.15, -0.1) is 0 Å². The molecule has 0 saturated heterocycles. The quantitative estimate of drug-likeness (QED) is 0.0348. The van der Waals surface area contributed by atoms with Gasteiger partial charge in [0.15, 0.2) is 25.8 Å². The average molecular weight is 1220 g/mol. The van der Waals surface area contributed by atoms with Gasteiger partial charge < -0.3 is 23.7 Å². The fraction of sp³-hybridized carbons (Fsp3) is 0.538. The van der Waals surface area contributed by atoms with Gasteiger partial charge in [0.25, 0.3) is 0 Å². The Bertz CT molecular complexity index is 2850. The lowest BCUT2D eigenvalue weighted by Crippen LogP contribution is -2.31. The van der Waals surface area contributed by atoms with Crippen molar-refractivity contribution in [1.82, 2.24) is 4.58 Å². The summed E-state index contributed by atoms with van der Waals surface area (Å²) in [4.78, 5) is 10.1. The van der Waals surface area contributed by atoms with Crippen molar-refractivity contribution in [2.24, 2.45) is 47.3 Å². The van der Waals surface area contributed by atoms with E-state index in [4.69, 9.17) is 0 Å². The molecular weight excluding hydrogens is 1120 g/mol. The lowest BCUT2D eigenvalue weighted by atomic mass is 10.1. The number of alkyl halides is 6. The number of hydrogen-bond acceptors (Lipinski definition) is 8. The molecular formula is C65H96F6N7O4S2+. The number of anilines is 6. The second-order valence-corrected chi connectivity index (χ2v) is 28.4. The highest BCUT2D eigenvalue weighted by molar-refractivity contribution is 8.13. The minimum Gasteiger partial charge on any atom is -0.421 e. The molecule has 0 amide bonds. The summed E-state index contributed by atoms with van der Waals surface area (Å²) in [6, 6.07) is 37.0. The minimum atomic E-state index is -6.72. The molecule has 0 spiro atoms. The molecule has 0 fully saturated rings. The Morgan fingerprint density at radius 3 is 0.833 bits per heavy atom. The van der Waals surface area contributed by atoms with Crippen molar-refractivity contribution < 1.29 is 47.8 Å². The topological polar surface area (TPSA) is 101 Å². The van der Waals surface area contributed by atoms with Gasteiger partial charge in [0.1, 0.15) is 13.1 Å². The highest BCUT2D eigenvalue weighted by atomic mass is 32.3. The number of sulfonamides is 2. The average Bonchev–Trinajstić information content (AvgIpc) is 3.33. The maximum absolute atomic E-state index is 11.4. The lowest BCUT2D eigenvalue weighted by Gasteiger charge is -2.31. The van der Waals surface area contributed by atoms with E-state index in [2.05, 4.69) is 261 Å². The first kappa shape index (κ1) is 72.6. The number of hydrogen-bond donors (Lipinski definition) is 0. The van der Waals surface area contributed by atoms with Gasteiger partial charge in [-0.05, 0) is 108 Å². The zero-order chi connectivity index (χ0) is 62.4. The fourth-order valence-corrected chi connectivity index (χ4v) is 11.5. The molecule has 4 aromatic carbocycles. The van der Waals surface area contributed by atoms with Crippen molar-refractivity contribution in [2.75, 3.05) is 72.0 Å². The summed E-state index contributed by atoms with van der Waals surface area (Å²) in [5.41, 5.74) is -0.464. The van der Waals surface area contributed by atoms with Crippen LogP contribution in [0.3, 0.4) is 0 Å². The predicted molar refractivity (Wildman–Crippen MR) is 343 cm³/mol. The van der Waals surface area contributed by atoms with Crippen LogP contribution in [-0.2, 0) is 20.0 Å². The maximum Gasteiger partial charge on any atom is 0.480 e. The molecule has 0 aromatic heterocycles. The Labute approximate surface area is 501 Å². The Hall–Kier alpha value is -5.66. The molecule has 0 radical (unpaired) electrons. The SMILES string of the molecule is C.CC(C)CN(CC(C)C)c1ccc(N(c2ccc(N(CC(C)C)CC(C)C)cc2)c2ccc([N+](=C3C=CC(=[N+](CC(C)C)CC(C)C)C=C3)c3ccc(N(CC(C)C)CC(C)C)cc3)cc2)cc1.O=S(=O)([N-]S(=O)(=O)C(F)(F)F)C(F)(F)F. The first-order chi connectivity index (χ1) is 38.5. The second kappa shape index (κ2) is 31.6. The van der Waals surface area contributed by atoms with Crippen LogP contribution >= 0.6 is 0 Å². The van der Waals surface area contributed by atoms with Gasteiger partial charge in [-0.3, -0.25) is 0 Å². The molecule has 0 saturated carbocycles. The third-order valence-corrected chi connectivity index (χ3v) is 15.5. The Morgan fingerprint density at radius 1 is 0.369 bits per heavy atom. The van der Waals surface area contributed by atoms with E-state index in [1.807, 2.05) is 0 Å². The molecule has 0 atom stereocenters. The van der Waals surface area contributed by atoms with Gasteiger partial charge >= 0.3 is 11.0 Å². The van der Waals surface area contributed by atoms with Gasteiger partial charge in [-0.1, -0.05) is 118 Å². The van der Waals surface area contributed by atoms with Gasteiger partial charge in [0.2, 0.25) is 17.1 Å². The van der Waals surface area contributed by atoms with E-state index in [1.165, 1.54) is 22.8 Å². The molecule has 1 aliphatic carbocycles. The molecule has 0 heterocycles. The molecule has 11 nitrogen and oxygen atoms in total. The zero-order valence-corrected chi connectivity index (χ0v) is 53.3. The van der Waals surface area contributed by atoms with E-state index in [0.717, 1.165) is 90.6 Å². The number of allylic oxidation sites excluding steroid dienone is 4. The summed E-state index contributed by atoms with van der Waals surface area (Å²) < 4.78 is 114. The number of rotatable bonds is 26. The zero-order valence-electron chi connectivity index (χ0n) is 51.7. The fourth-order valence-electron chi connectivity index (χ4n) is 9.78. The van der Waals surface area contributed by atoms with E-state index < -0.39 is 31.1 Å². The van der Waals surface area contributed by atoms with Crippen LogP contribution in [0.2, 0.25) is 0 Å². The Morgan fingerprint density at radius 2 is 0.595 bits per heavy atom. The van der Waals surface area contributed by atoms with Crippen LogP contribution in [0.5, 0.6) is 0 Å². The second-order valence-electron chi connectivity index (χ2n) is 24.9. The normalized spacial score (nSPS) is 13.2. The van der Waals surface area contributed by atoms with Gasteiger partial charge in [0.05, 0.1) is 0 Å². The van der Waals surface area contributed by atoms with E-state index in [-0.39, 0.29) is 7.43 Å². The highest BCUT2D eigenvalue weighted by Gasteiger charge is 2.47. The summed E-state index contributed by atoms with van der Waals surface area (Å²) in [5.74, 6) is 4.65. The largest absolute Gasteiger partial charge is 0.480 e. The molecule has 0 N–H and O–H groups in total. The predicted octanol–water partition coefficient (Wildman–Crippen LogP) is 17.4. The van der Waals surface area contributed by atoms with E-state index in [1.54, 1.807) is 0 Å². The van der Waals surface area contributed by atoms with Crippen molar-refractivity contribution in [3.8, 4) is 0 Å². The van der Waals surface area contributed by atoms with Crippen LogP contribution in [0.4, 0.5) is 71.8 Å². The van der Waals surface area contributed by atoms with Crippen molar-refractivity contribution >= 4 is 77.0 Å². The smallest absolute Gasteiger partial charge is 0.421 e. The summed E-state index contributed by atoms with van der Waals surface area (Å²) in [7, 11) is -13.4.